The van der Waals surface area contributed by atoms with Gasteiger partial charge in [0.05, 0.1) is 0 Å². The van der Waals surface area contributed by atoms with Gasteiger partial charge < -0.3 is 26.1 Å². The molecule has 0 saturated carbocycles. The molecule has 4 N–H and O–H groups in total. The van der Waals surface area contributed by atoms with Gasteiger partial charge >= 0.3 is 58.0 Å². The van der Waals surface area contributed by atoms with Crippen LogP contribution in [0, 0.1) is 0 Å². The molecule has 8 heteroatoms. The van der Waals surface area contributed by atoms with Crippen LogP contribution in [0.3, 0.4) is 0 Å². The number of carboxylic acids is 2. The molecule has 0 radical (unpaired) electrons. The Morgan fingerprint density at radius 3 is 1.00 bits per heavy atom. The Kier molecular flexibility index (Phi) is 22.9. The minimum Gasteiger partial charge on any atom is -1.00 e. The number of carboxylic acid groups (broad SMARTS) is 2. The molecule has 0 heterocycles. The molecule has 0 rings (SSSR count). The Morgan fingerprint density at radius 2 is 1.00 bits per heavy atom. The van der Waals surface area contributed by atoms with Crippen LogP contribution in [-0.2, 0) is 9.59 Å². The van der Waals surface area contributed by atoms with E-state index in [1.165, 1.54) is 13.8 Å². The second-order valence-corrected chi connectivity index (χ2v) is 2.03. The SMILES string of the molecule is CC(O)C(=O)O.CC(O)C(=O)O.[H-].[H-].[H-].[H-].[Mg+2].[Mg+2]. The van der Waals surface area contributed by atoms with Crippen LogP contribution >= 0.6 is 0 Å². The molecular weight excluding hydrogens is 217 g/mol. The van der Waals surface area contributed by atoms with Crippen LogP contribution in [0.25, 0.3) is 0 Å². The van der Waals surface area contributed by atoms with Gasteiger partial charge in [-0.3, -0.25) is 0 Å². The number of aliphatic carboxylic acids is 2. The summed E-state index contributed by atoms with van der Waals surface area (Å²) < 4.78 is 0. The van der Waals surface area contributed by atoms with Crippen LogP contribution in [0.2, 0.25) is 0 Å². The molecule has 0 aromatic rings. The van der Waals surface area contributed by atoms with E-state index in [1.807, 2.05) is 0 Å². The maximum atomic E-state index is 9.45. The molecule has 14 heavy (non-hydrogen) atoms. The number of hydrogen-bond donors (Lipinski definition) is 4. The molecule has 0 aliphatic heterocycles. The normalized spacial score (nSPS) is 11.7. The molecule has 0 aliphatic carbocycles. The summed E-state index contributed by atoms with van der Waals surface area (Å²) in [6.07, 6.45) is -2.46. The fourth-order valence-electron chi connectivity index (χ4n) is 0. The van der Waals surface area contributed by atoms with E-state index in [-0.39, 0.29) is 51.8 Å². The van der Waals surface area contributed by atoms with Crippen molar-refractivity contribution in [3.8, 4) is 0 Å². The van der Waals surface area contributed by atoms with E-state index >= 15 is 0 Å². The van der Waals surface area contributed by atoms with Crippen molar-refractivity contribution in [3.63, 3.8) is 0 Å². The average molecular weight is 233 g/mol. The zero-order valence-electron chi connectivity index (χ0n) is 12.2. The molecule has 0 aromatic carbocycles. The van der Waals surface area contributed by atoms with Gasteiger partial charge in [0.25, 0.3) is 0 Å². The maximum Gasteiger partial charge on any atom is 2.00 e. The van der Waals surface area contributed by atoms with E-state index in [0.717, 1.165) is 0 Å². The molecule has 2 atom stereocenters. The molecule has 0 aromatic heterocycles. The second-order valence-electron chi connectivity index (χ2n) is 2.03. The van der Waals surface area contributed by atoms with Gasteiger partial charge in [-0.2, -0.15) is 0 Å². The Hall–Kier alpha value is 0.392. The third-order valence-corrected chi connectivity index (χ3v) is 0.715. The van der Waals surface area contributed by atoms with Crippen LogP contribution in [0.4, 0.5) is 0 Å². The van der Waals surface area contributed by atoms with E-state index in [4.69, 9.17) is 20.4 Å². The van der Waals surface area contributed by atoms with E-state index in [9.17, 15) is 9.59 Å². The zero-order valence-corrected chi connectivity index (χ0v) is 11.0. The Bertz CT molecular complexity index is 154. The smallest absolute Gasteiger partial charge is 1.00 e. The average Bonchev–Trinajstić information content (AvgIpc) is 1.88. The van der Waals surface area contributed by atoms with Gasteiger partial charge in [0.15, 0.2) is 0 Å². The fourth-order valence-corrected chi connectivity index (χ4v) is 0. The largest absolute Gasteiger partial charge is 2.00 e. The summed E-state index contributed by atoms with van der Waals surface area (Å²) in [4.78, 5) is 18.9. The molecule has 0 amide bonds. The summed E-state index contributed by atoms with van der Waals surface area (Å²) >= 11 is 0. The predicted molar refractivity (Wildman–Crippen MR) is 54.6 cm³/mol. The zero-order chi connectivity index (χ0) is 10.3. The second kappa shape index (κ2) is 13.4. The van der Waals surface area contributed by atoms with Crippen molar-refractivity contribution in [1.82, 2.24) is 0 Å². The Labute approximate surface area is 120 Å². The molecular formula is C6H16Mg2O6. The minimum atomic E-state index is -1.23. The molecule has 80 valence electrons. The van der Waals surface area contributed by atoms with Gasteiger partial charge in [0.2, 0.25) is 0 Å². The molecule has 0 fully saturated rings. The number of rotatable bonds is 2. The number of carbonyl (C=O) groups is 2. The van der Waals surface area contributed by atoms with Crippen molar-refractivity contribution in [3.05, 3.63) is 0 Å². The summed E-state index contributed by atoms with van der Waals surface area (Å²) in [6, 6.07) is 0. The van der Waals surface area contributed by atoms with Gasteiger partial charge in [-0.05, 0) is 13.8 Å². The summed E-state index contributed by atoms with van der Waals surface area (Å²) in [5, 5.41) is 31.5. The summed E-state index contributed by atoms with van der Waals surface area (Å²) in [7, 11) is 0. The van der Waals surface area contributed by atoms with Crippen molar-refractivity contribution in [1.29, 1.82) is 0 Å². The molecule has 0 bridgehead atoms. The van der Waals surface area contributed by atoms with Crippen LogP contribution < -0.4 is 0 Å². The monoisotopic (exact) mass is 232 g/mol. The van der Waals surface area contributed by atoms with Gasteiger partial charge in [0, 0.05) is 0 Å². The fraction of sp³-hybridized carbons (Fsp3) is 0.667. The first-order valence-corrected chi connectivity index (χ1v) is 3.10. The third-order valence-electron chi connectivity index (χ3n) is 0.715. The van der Waals surface area contributed by atoms with Crippen molar-refractivity contribution in [2.75, 3.05) is 0 Å². The minimum absolute atomic E-state index is 0. The summed E-state index contributed by atoms with van der Waals surface area (Å²) in [5.41, 5.74) is 0. The number of aliphatic hydroxyl groups is 2. The summed E-state index contributed by atoms with van der Waals surface area (Å²) in [5.74, 6) is -2.37. The third kappa shape index (κ3) is 22.8. The van der Waals surface area contributed by atoms with Crippen molar-refractivity contribution >= 4 is 58.0 Å². The molecule has 0 aliphatic rings. The van der Waals surface area contributed by atoms with Crippen LogP contribution in [-0.4, -0.2) is 90.7 Å². The van der Waals surface area contributed by atoms with Crippen molar-refractivity contribution < 1.29 is 35.7 Å². The van der Waals surface area contributed by atoms with Gasteiger partial charge in [-0.1, -0.05) is 0 Å². The quantitative estimate of drug-likeness (QED) is 0.435. The van der Waals surface area contributed by atoms with Crippen LogP contribution in [0.1, 0.15) is 19.6 Å². The van der Waals surface area contributed by atoms with Gasteiger partial charge in [-0.25, -0.2) is 9.59 Å². The first-order valence-electron chi connectivity index (χ1n) is 3.10. The molecule has 6 nitrogen and oxygen atoms in total. The standard InChI is InChI=1S/2C3H6O3.2Mg.4H/c2*1-2(4)3(5)6;;;;;;/h2*2,4H,1H3,(H,5,6);;;;;;/q;;2*+2;4*-1. The van der Waals surface area contributed by atoms with Crippen LogP contribution in [0.5, 0.6) is 0 Å². The van der Waals surface area contributed by atoms with Gasteiger partial charge in [-0.15, -0.1) is 0 Å². The number of aliphatic hydroxyl groups excluding tert-OH is 2. The van der Waals surface area contributed by atoms with Crippen LogP contribution in [0.15, 0.2) is 0 Å². The van der Waals surface area contributed by atoms with E-state index in [0.29, 0.717) is 0 Å². The summed E-state index contributed by atoms with van der Waals surface area (Å²) in [6.45, 7) is 2.39. The Morgan fingerprint density at radius 1 is 0.929 bits per heavy atom. The first-order chi connectivity index (χ1) is 5.29. The molecule has 0 saturated heterocycles. The Balaban J connectivity index is -0.0000000139. The first kappa shape index (κ1) is 23.9. The molecule has 2 unspecified atom stereocenters. The van der Waals surface area contributed by atoms with E-state index in [2.05, 4.69) is 0 Å². The van der Waals surface area contributed by atoms with E-state index in [1.54, 1.807) is 0 Å². The van der Waals surface area contributed by atoms with Crippen molar-refractivity contribution in [2.45, 2.75) is 26.1 Å². The van der Waals surface area contributed by atoms with Gasteiger partial charge in [0.1, 0.15) is 12.2 Å². The topological polar surface area (TPSA) is 115 Å². The number of hydrogen-bond acceptors (Lipinski definition) is 4. The maximum absolute atomic E-state index is 9.45. The van der Waals surface area contributed by atoms with E-state index < -0.39 is 24.1 Å². The molecule has 0 spiro atoms. The van der Waals surface area contributed by atoms with Crippen molar-refractivity contribution in [2.24, 2.45) is 0 Å². The predicted octanol–water partition coefficient (Wildman–Crippen LogP) is -1.41.